The highest BCUT2D eigenvalue weighted by molar-refractivity contribution is 5.99. The van der Waals surface area contributed by atoms with Crippen molar-refractivity contribution in [1.29, 1.82) is 0 Å². The van der Waals surface area contributed by atoms with Crippen LogP contribution in [0.1, 0.15) is 21.6 Å². The number of nitrogens with zero attached hydrogens (tertiary/aromatic N) is 2. The van der Waals surface area contributed by atoms with E-state index in [2.05, 4.69) is 21.2 Å². The van der Waals surface area contributed by atoms with Gasteiger partial charge in [0, 0.05) is 18.4 Å². The third kappa shape index (κ3) is 5.97. The van der Waals surface area contributed by atoms with Gasteiger partial charge < -0.3 is 21.8 Å². The second-order valence-electron chi connectivity index (χ2n) is 6.64. The lowest BCUT2D eigenvalue weighted by Gasteiger charge is -2.12. The van der Waals surface area contributed by atoms with Gasteiger partial charge in [-0.15, -0.1) is 5.10 Å². The van der Waals surface area contributed by atoms with Gasteiger partial charge in [-0.3, -0.25) is 4.79 Å². The van der Waals surface area contributed by atoms with Gasteiger partial charge in [-0.2, -0.15) is 18.0 Å². The zero-order chi connectivity index (χ0) is 23.3. The number of hydrogen-bond donors (Lipinski definition) is 4. The Morgan fingerprint density at radius 2 is 1.84 bits per heavy atom. The van der Waals surface area contributed by atoms with E-state index in [9.17, 15) is 27.2 Å². The number of nitrogens with two attached hydrogens (primary N) is 1. The SMILES string of the molecule is NC(=O)c1ccn(NCCc2cccc(NC(=O)Nc3cc(C(F)(F)F)ccc3F)c2)n1. The minimum Gasteiger partial charge on any atom is -0.364 e. The van der Waals surface area contributed by atoms with Crippen LogP contribution in [0.25, 0.3) is 0 Å². The topological polar surface area (TPSA) is 114 Å². The molecular weight excluding hydrogens is 432 g/mol. The summed E-state index contributed by atoms with van der Waals surface area (Å²) in [7, 11) is 0. The number of rotatable bonds is 7. The highest BCUT2D eigenvalue weighted by atomic mass is 19.4. The molecular formula is C20H18F4N6O2. The van der Waals surface area contributed by atoms with E-state index in [4.69, 9.17) is 5.73 Å². The lowest BCUT2D eigenvalue weighted by molar-refractivity contribution is -0.137. The maximum absolute atomic E-state index is 13.8. The monoisotopic (exact) mass is 450 g/mol. The lowest BCUT2D eigenvalue weighted by Crippen LogP contribution is -2.21. The second-order valence-corrected chi connectivity index (χ2v) is 6.64. The van der Waals surface area contributed by atoms with E-state index in [-0.39, 0.29) is 5.69 Å². The second kappa shape index (κ2) is 9.37. The number of alkyl halides is 3. The first-order valence-corrected chi connectivity index (χ1v) is 9.25. The van der Waals surface area contributed by atoms with Crippen molar-refractivity contribution in [3.8, 4) is 0 Å². The van der Waals surface area contributed by atoms with Crippen LogP contribution < -0.4 is 21.8 Å². The van der Waals surface area contributed by atoms with Gasteiger partial charge in [0.25, 0.3) is 5.91 Å². The van der Waals surface area contributed by atoms with Crippen molar-refractivity contribution < 1.29 is 27.2 Å². The van der Waals surface area contributed by atoms with E-state index < -0.39 is 35.2 Å². The Morgan fingerprint density at radius 1 is 1.06 bits per heavy atom. The first kappa shape index (κ1) is 22.6. The minimum absolute atomic E-state index is 0.118. The molecule has 168 valence electrons. The van der Waals surface area contributed by atoms with Crippen LogP contribution in [0.15, 0.2) is 54.7 Å². The average molecular weight is 450 g/mol. The molecule has 0 aliphatic rings. The van der Waals surface area contributed by atoms with E-state index in [0.717, 1.165) is 5.56 Å². The van der Waals surface area contributed by atoms with Crippen molar-refractivity contribution in [3.05, 3.63) is 77.4 Å². The summed E-state index contributed by atoms with van der Waals surface area (Å²) in [5.41, 5.74) is 7.72. The third-order valence-electron chi connectivity index (χ3n) is 4.26. The molecule has 0 fully saturated rings. The molecule has 5 N–H and O–H groups in total. The summed E-state index contributed by atoms with van der Waals surface area (Å²) >= 11 is 0. The van der Waals surface area contributed by atoms with Crippen LogP contribution in [0.5, 0.6) is 0 Å². The Hall–Kier alpha value is -4.09. The molecule has 12 heteroatoms. The Labute approximate surface area is 179 Å². The van der Waals surface area contributed by atoms with Crippen LogP contribution in [0.3, 0.4) is 0 Å². The van der Waals surface area contributed by atoms with Crippen LogP contribution in [-0.2, 0) is 12.6 Å². The summed E-state index contributed by atoms with van der Waals surface area (Å²) < 4.78 is 52.2. The van der Waals surface area contributed by atoms with Crippen molar-refractivity contribution in [2.24, 2.45) is 5.73 Å². The molecule has 0 unspecified atom stereocenters. The number of benzene rings is 2. The molecule has 0 atom stereocenters. The molecule has 3 aromatic rings. The van der Waals surface area contributed by atoms with Crippen LogP contribution in [0.2, 0.25) is 0 Å². The molecule has 8 nitrogen and oxygen atoms in total. The Morgan fingerprint density at radius 3 is 2.53 bits per heavy atom. The zero-order valence-electron chi connectivity index (χ0n) is 16.4. The maximum atomic E-state index is 13.8. The first-order valence-electron chi connectivity index (χ1n) is 9.25. The molecule has 0 saturated heterocycles. The van der Waals surface area contributed by atoms with Gasteiger partial charge in [-0.1, -0.05) is 12.1 Å². The molecule has 0 spiro atoms. The summed E-state index contributed by atoms with van der Waals surface area (Å²) in [5, 5.41) is 8.46. The number of primary amides is 1. The highest BCUT2D eigenvalue weighted by Crippen LogP contribution is 2.31. The zero-order valence-corrected chi connectivity index (χ0v) is 16.4. The predicted molar refractivity (Wildman–Crippen MR) is 109 cm³/mol. The summed E-state index contributed by atoms with van der Waals surface area (Å²) in [5.74, 6) is -1.64. The Balaban J connectivity index is 1.57. The molecule has 1 heterocycles. The fourth-order valence-electron chi connectivity index (χ4n) is 2.74. The van der Waals surface area contributed by atoms with Crippen molar-refractivity contribution in [1.82, 2.24) is 9.89 Å². The van der Waals surface area contributed by atoms with Crippen LogP contribution in [0.4, 0.5) is 33.7 Å². The standard InChI is InChI=1S/C20H18F4N6O2/c21-15-5-4-13(20(22,23)24)11-17(15)28-19(32)27-14-3-1-2-12(10-14)6-8-26-30-9-7-16(29-30)18(25)31/h1-5,7,9-11,26H,6,8H2,(H2,25,31)(H2,27,28,32). The van der Waals surface area contributed by atoms with Gasteiger partial charge >= 0.3 is 12.2 Å². The molecule has 0 aliphatic heterocycles. The number of amides is 3. The molecule has 0 bridgehead atoms. The van der Waals surface area contributed by atoms with Gasteiger partial charge in [-0.05, 0) is 48.4 Å². The number of aromatic nitrogens is 2. The number of halogens is 4. The molecule has 2 aromatic carbocycles. The Bertz CT molecular complexity index is 1130. The van der Waals surface area contributed by atoms with Crippen LogP contribution >= 0.6 is 0 Å². The molecule has 0 saturated carbocycles. The van der Waals surface area contributed by atoms with Gasteiger partial charge in [-0.25, -0.2) is 9.18 Å². The van der Waals surface area contributed by atoms with E-state index >= 15 is 0 Å². The molecule has 32 heavy (non-hydrogen) atoms. The largest absolute Gasteiger partial charge is 0.416 e. The van der Waals surface area contributed by atoms with Crippen molar-refractivity contribution >= 4 is 23.3 Å². The number of hydrogen-bond acceptors (Lipinski definition) is 4. The van der Waals surface area contributed by atoms with Crippen molar-refractivity contribution in [2.45, 2.75) is 12.6 Å². The van der Waals surface area contributed by atoms with Crippen LogP contribution in [0, 0.1) is 5.82 Å². The van der Waals surface area contributed by atoms with Crippen LogP contribution in [-0.4, -0.2) is 28.4 Å². The van der Waals surface area contributed by atoms with Gasteiger partial charge in [0.1, 0.15) is 5.82 Å². The predicted octanol–water partition coefficient (Wildman–Crippen LogP) is 3.57. The summed E-state index contributed by atoms with van der Waals surface area (Å²) in [6, 6.07) is 9.03. The van der Waals surface area contributed by atoms with E-state index in [1.54, 1.807) is 24.3 Å². The first-order chi connectivity index (χ1) is 15.1. The quantitative estimate of drug-likeness (QED) is 0.412. The normalized spacial score (nSPS) is 11.1. The number of anilines is 2. The van der Waals surface area contributed by atoms with Crippen molar-refractivity contribution in [2.75, 3.05) is 22.6 Å². The highest BCUT2D eigenvalue weighted by Gasteiger charge is 2.31. The van der Waals surface area contributed by atoms with Crippen molar-refractivity contribution in [3.63, 3.8) is 0 Å². The number of carbonyl (C=O) groups is 2. The van der Waals surface area contributed by atoms with Gasteiger partial charge in [0.2, 0.25) is 0 Å². The Kier molecular flexibility index (Phi) is 6.61. The summed E-state index contributed by atoms with van der Waals surface area (Å²) in [4.78, 5) is 24.5. The minimum atomic E-state index is -4.67. The summed E-state index contributed by atoms with van der Waals surface area (Å²) in [6.07, 6.45) is -2.61. The maximum Gasteiger partial charge on any atom is 0.416 e. The fraction of sp³-hybridized carbons (Fsp3) is 0.150. The van der Waals surface area contributed by atoms with E-state index in [1.807, 2.05) is 0 Å². The molecule has 3 amide bonds. The fourth-order valence-corrected chi connectivity index (χ4v) is 2.74. The van der Waals surface area contributed by atoms with E-state index in [1.165, 1.54) is 17.1 Å². The van der Waals surface area contributed by atoms with E-state index in [0.29, 0.717) is 36.9 Å². The lowest BCUT2D eigenvalue weighted by atomic mass is 10.1. The molecule has 0 radical (unpaired) electrons. The summed E-state index contributed by atoms with van der Waals surface area (Å²) in [6.45, 7) is 0.435. The smallest absolute Gasteiger partial charge is 0.364 e. The number of nitrogens with one attached hydrogen (secondary N) is 3. The molecule has 0 aliphatic carbocycles. The number of carbonyl (C=O) groups excluding carboxylic acids is 2. The third-order valence-corrected chi connectivity index (χ3v) is 4.26. The number of urea groups is 1. The van der Waals surface area contributed by atoms with Gasteiger partial charge in [0.05, 0.1) is 11.3 Å². The molecule has 3 rings (SSSR count). The molecule has 1 aromatic heterocycles. The average Bonchev–Trinajstić information content (AvgIpc) is 3.18. The van der Waals surface area contributed by atoms with Gasteiger partial charge in [0.15, 0.2) is 5.69 Å².